The number of amides is 1. The van der Waals surface area contributed by atoms with Gasteiger partial charge in [-0.05, 0) is 45.1 Å². The molecule has 1 aromatic heterocycles. The Morgan fingerprint density at radius 3 is 2.68 bits per heavy atom. The van der Waals surface area contributed by atoms with Gasteiger partial charge in [0.1, 0.15) is 0 Å². The highest BCUT2D eigenvalue weighted by molar-refractivity contribution is 5.78. The van der Waals surface area contributed by atoms with Crippen molar-refractivity contribution < 1.29 is 9.53 Å². The molecule has 0 aliphatic carbocycles. The number of ether oxygens (including phenoxy) is 1. The monoisotopic (exact) mass is 346 g/mol. The summed E-state index contributed by atoms with van der Waals surface area (Å²) >= 11 is 0. The summed E-state index contributed by atoms with van der Waals surface area (Å²) in [4.78, 5) is 23.5. The van der Waals surface area contributed by atoms with Crippen LogP contribution >= 0.6 is 0 Å². The number of pyridine rings is 1. The SMILES string of the molecule is CN(CC(=O)N1CCOCC1)C1CCN(CCc2ccccn2)CC1. The molecule has 1 amide bonds. The molecule has 0 atom stereocenters. The van der Waals surface area contributed by atoms with Gasteiger partial charge < -0.3 is 14.5 Å². The van der Waals surface area contributed by atoms with Gasteiger partial charge in [0.25, 0.3) is 0 Å². The van der Waals surface area contributed by atoms with Crippen molar-refractivity contribution in [3.8, 4) is 0 Å². The first-order valence-electron chi connectivity index (χ1n) is 9.40. The molecular weight excluding hydrogens is 316 g/mol. The van der Waals surface area contributed by atoms with Crippen LogP contribution in [0.2, 0.25) is 0 Å². The third-order valence-corrected chi connectivity index (χ3v) is 5.34. The van der Waals surface area contributed by atoms with E-state index in [1.54, 1.807) is 0 Å². The molecule has 0 spiro atoms. The van der Waals surface area contributed by atoms with Gasteiger partial charge in [-0.3, -0.25) is 14.7 Å². The first kappa shape index (κ1) is 18.3. The highest BCUT2D eigenvalue weighted by atomic mass is 16.5. The van der Waals surface area contributed by atoms with E-state index in [-0.39, 0.29) is 5.91 Å². The van der Waals surface area contributed by atoms with E-state index < -0.39 is 0 Å². The molecule has 0 bridgehead atoms. The lowest BCUT2D eigenvalue weighted by Gasteiger charge is -2.37. The predicted molar refractivity (Wildman–Crippen MR) is 97.4 cm³/mol. The number of hydrogen-bond acceptors (Lipinski definition) is 5. The molecule has 138 valence electrons. The summed E-state index contributed by atoms with van der Waals surface area (Å²) in [6.45, 7) is 6.62. The Bertz CT molecular complexity index is 525. The smallest absolute Gasteiger partial charge is 0.236 e. The molecule has 6 heteroatoms. The van der Waals surface area contributed by atoms with Crippen LogP contribution in [-0.4, -0.2) is 91.2 Å². The molecule has 0 saturated carbocycles. The minimum absolute atomic E-state index is 0.239. The van der Waals surface area contributed by atoms with Crippen LogP contribution in [0.4, 0.5) is 0 Å². The van der Waals surface area contributed by atoms with E-state index in [1.807, 2.05) is 17.2 Å². The summed E-state index contributed by atoms with van der Waals surface area (Å²) in [5.74, 6) is 0.239. The lowest BCUT2D eigenvalue weighted by molar-refractivity contribution is -0.136. The number of hydrogen-bond donors (Lipinski definition) is 0. The second-order valence-electron chi connectivity index (χ2n) is 7.05. The first-order valence-corrected chi connectivity index (χ1v) is 9.40. The maximum absolute atomic E-state index is 12.4. The van der Waals surface area contributed by atoms with Crippen molar-refractivity contribution in [2.24, 2.45) is 0 Å². The summed E-state index contributed by atoms with van der Waals surface area (Å²) in [5.41, 5.74) is 1.16. The van der Waals surface area contributed by atoms with E-state index >= 15 is 0 Å². The topological polar surface area (TPSA) is 48.9 Å². The first-order chi connectivity index (χ1) is 12.2. The number of morpholine rings is 1. The van der Waals surface area contributed by atoms with Crippen molar-refractivity contribution in [1.29, 1.82) is 0 Å². The van der Waals surface area contributed by atoms with Crippen molar-refractivity contribution in [2.75, 3.05) is 59.5 Å². The van der Waals surface area contributed by atoms with Gasteiger partial charge in [0.15, 0.2) is 0 Å². The Labute approximate surface area is 150 Å². The standard InChI is InChI=1S/C19H30N4O2/c1-21(16-19(24)23-12-14-25-15-13-23)18-6-10-22(11-7-18)9-5-17-4-2-3-8-20-17/h2-4,8,18H,5-7,9-16H2,1H3. The average Bonchev–Trinajstić information content (AvgIpc) is 2.68. The predicted octanol–water partition coefficient (Wildman–Crippen LogP) is 0.879. The molecule has 0 unspecified atom stereocenters. The van der Waals surface area contributed by atoms with Gasteiger partial charge in [0.05, 0.1) is 19.8 Å². The van der Waals surface area contributed by atoms with E-state index in [2.05, 4.69) is 34.0 Å². The maximum Gasteiger partial charge on any atom is 0.236 e. The van der Waals surface area contributed by atoms with Crippen LogP contribution in [-0.2, 0) is 16.0 Å². The number of aromatic nitrogens is 1. The molecule has 3 heterocycles. The number of rotatable bonds is 6. The van der Waals surface area contributed by atoms with Gasteiger partial charge in [-0.25, -0.2) is 0 Å². The molecule has 0 N–H and O–H groups in total. The van der Waals surface area contributed by atoms with Crippen molar-refractivity contribution >= 4 is 5.91 Å². The molecular formula is C19H30N4O2. The van der Waals surface area contributed by atoms with Crippen molar-refractivity contribution in [1.82, 2.24) is 19.7 Å². The molecule has 2 fully saturated rings. The summed E-state index contributed by atoms with van der Waals surface area (Å²) in [7, 11) is 2.09. The van der Waals surface area contributed by atoms with Gasteiger partial charge in [-0.1, -0.05) is 6.07 Å². The molecule has 6 nitrogen and oxygen atoms in total. The third kappa shape index (κ3) is 5.49. The second kappa shape index (κ2) is 9.27. The summed E-state index contributed by atoms with van der Waals surface area (Å²) < 4.78 is 5.32. The van der Waals surface area contributed by atoms with Crippen LogP contribution in [0.1, 0.15) is 18.5 Å². The zero-order chi connectivity index (χ0) is 17.5. The average molecular weight is 346 g/mol. The normalized spacial score (nSPS) is 20.2. The Morgan fingerprint density at radius 2 is 2.00 bits per heavy atom. The fraction of sp³-hybridized carbons (Fsp3) is 0.684. The number of likely N-dealkylation sites (tertiary alicyclic amines) is 1. The van der Waals surface area contributed by atoms with Crippen molar-refractivity contribution in [3.63, 3.8) is 0 Å². The molecule has 2 aliphatic rings. The van der Waals surface area contributed by atoms with E-state index in [4.69, 9.17) is 4.74 Å². The number of nitrogens with zero attached hydrogens (tertiary/aromatic N) is 4. The van der Waals surface area contributed by atoms with Gasteiger partial charge >= 0.3 is 0 Å². The van der Waals surface area contributed by atoms with E-state index in [0.29, 0.717) is 25.8 Å². The molecule has 0 aromatic carbocycles. The fourth-order valence-corrected chi connectivity index (χ4v) is 3.66. The highest BCUT2D eigenvalue weighted by Crippen LogP contribution is 2.16. The minimum Gasteiger partial charge on any atom is -0.378 e. The van der Waals surface area contributed by atoms with Crippen LogP contribution in [0.15, 0.2) is 24.4 Å². The summed E-state index contributed by atoms with van der Waals surface area (Å²) in [6.07, 6.45) is 5.14. The Morgan fingerprint density at radius 1 is 1.24 bits per heavy atom. The van der Waals surface area contributed by atoms with Gasteiger partial charge in [-0.15, -0.1) is 0 Å². The number of likely N-dealkylation sites (N-methyl/N-ethyl adjacent to an activating group) is 1. The minimum atomic E-state index is 0.239. The zero-order valence-corrected chi connectivity index (χ0v) is 15.3. The number of carbonyl (C=O) groups is 1. The quantitative estimate of drug-likeness (QED) is 0.765. The van der Waals surface area contributed by atoms with Gasteiger partial charge in [0, 0.05) is 44.0 Å². The van der Waals surface area contributed by atoms with E-state index in [0.717, 1.165) is 57.7 Å². The maximum atomic E-state index is 12.4. The zero-order valence-electron chi connectivity index (χ0n) is 15.3. The van der Waals surface area contributed by atoms with Gasteiger partial charge in [-0.2, -0.15) is 0 Å². The number of carbonyl (C=O) groups excluding carboxylic acids is 1. The third-order valence-electron chi connectivity index (χ3n) is 5.34. The summed E-state index contributed by atoms with van der Waals surface area (Å²) in [5, 5.41) is 0. The molecule has 0 radical (unpaired) electrons. The van der Waals surface area contributed by atoms with Crippen LogP contribution < -0.4 is 0 Å². The van der Waals surface area contributed by atoms with Gasteiger partial charge in [0.2, 0.25) is 5.91 Å². The lowest BCUT2D eigenvalue weighted by atomic mass is 10.0. The fourth-order valence-electron chi connectivity index (χ4n) is 3.66. The Kier molecular flexibility index (Phi) is 6.78. The molecule has 2 aliphatic heterocycles. The van der Waals surface area contributed by atoms with Crippen LogP contribution in [0, 0.1) is 0 Å². The van der Waals surface area contributed by atoms with Crippen LogP contribution in [0.5, 0.6) is 0 Å². The number of piperidine rings is 1. The van der Waals surface area contributed by atoms with Crippen LogP contribution in [0.25, 0.3) is 0 Å². The molecule has 1 aromatic rings. The highest BCUT2D eigenvalue weighted by Gasteiger charge is 2.25. The lowest BCUT2D eigenvalue weighted by Crippen LogP contribution is -2.49. The van der Waals surface area contributed by atoms with E-state index in [9.17, 15) is 4.79 Å². The Balaban J connectivity index is 1.37. The Hall–Kier alpha value is -1.50. The molecule has 2 saturated heterocycles. The molecule has 3 rings (SSSR count). The van der Waals surface area contributed by atoms with Crippen LogP contribution in [0.3, 0.4) is 0 Å². The largest absolute Gasteiger partial charge is 0.378 e. The van der Waals surface area contributed by atoms with E-state index in [1.165, 1.54) is 0 Å². The second-order valence-corrected chi connectivity index (χ2v) is 7.05. The van der Waals surface area contributed by atoms with Crippen molar-refractivity contribution in [2.45, 2.75) is 25.3 Å². The van der Waals surface area contributed by atoms with Crippen molar-refractivity contribution in [3.05, 3.63) is 30.1 Å². The molecule has 25 heavy (non-hydrogen) atoms. The summed E-state index contributed by atoms with van der Waals surface area (Å²) in [6, 6.07) is 6.62.